The summed E-state index contributed by atoms with van der Waals surface area (Å²) in [6.45, 7) is 0.542. The minimum absolute atomic E-state index is 0.0914. The fraction of sp³-hybridized carbons (Fsp3) is 0.167. The maximum absolute atomic E-state index is 13.2. The van der Waals surface area contributed by atoms with E-state index in [1.54, 1.807) is 0 Å². The highest BCUT2D eigenvalue weighted by Crippen LogP contribution is 2.34. The number of halogens is 2. The predicted octanol–water partition coefficient (Wildman–Crippen LogP) is 2.97. The van der Waals surface area contributed by atoms with Crippen LogP contribution in [-0.2, 0) is 6.42 Å². The van der Waals surface area contributed by atoms with E-state index in [0.29, 0.717) is 41.7 Å². The van der Waals surface area contributed by atoms with Gasteiger partial charge in [-0.25, -0.2) is 9.37 Å². The summed E-state index contributed by atoms with van der Waals surface area (Å²) in [6.07, 6.45) is 0.457. The number of nitrogens with zero attached hydrogens (tertiary/aromatic N) is 2. The summed E-state index contributed by atoms with van der Waals surface area (Å²) in [4.78, 5) is 16.5. The summed E-state index contributed by atoms with van der Waals surface area (Å²) >= 11 is 5.69. The van der Waals surface area contributed by atoms with Crippen LogP contribution in [-0.4, -0.2) is 34.4 Å². The van der Waals surface area contributed by atoms with Crippen LogP contribution in [0.15, 0.2) is 36.4 Å². The second-order valence-corrected chi connectivity index (χ2v) is 6.22. The minimum Gasteiger partial charge on any atom is -0.454 e. The van der Waals surface area contributed by atoms with Crippen molar-refractivity contribution in [1.29, 1.82) is 0 Å². The van der Waals surface area contributed by atoms with Crippen molar-refractivity contribution in [2.75, 3.05) is 13.3 Å². The molecule has 1 amide bonds. The van der Waals surface area contributed by atoms with Gasteiger partial charge in [-0.3, -0.25) is 9.89 Å². The molecule has 27 heavy (non-hydrogen) atoms. The molecule has 0 unspecified atom stereocenters. The van der Waals surface area contributed by atoms with Gasteiger partial charge < -0.3 is 14.8 Å². The maximum Gasteiger partial charge on any atom is 0.251 e. The topological polar surface area (TPSA) is 89.1 Å². The molecule has 138 valence electrons. The number of nitrogens with one attached hydrogen (secondary N) is 2. The van der Waals surface area contributed by atoms with Crippen LogP contribution in [0.5, 0.6) is 11.5 Å². The van der Waals surface area contributed by atoms with Crippen molar-refractivity contribution in [3.63, 3.8) is 0 Å². The predicted molar refractivity (Wildman–Crippen MR) is 95.4 cm³/mol. The Hall–Kier alpha value is -3.13. The molecule has 0 fully saturated rings. The molecule has 0 radical (unpaired) electrons. The van der Waals surface area contributed by atoms with Gasteiger partial charge in [-0.15, -0.1) is 0 Å². The molecule has 1 aromatic heterocycles. The molecule has 0 bridgehead atoms. The summed E-state index contributed by atoms with van der Waals surface area (Å²) in [6, 6.07) is 9.30. The number of ether oxygens (including phenoxy) is 2. The van der Waals surface area contributed by atoms with Crippen LogP contribution in [0.4, 0.5) is 4.39 Å². The number of carbonyl (C=O) groups excluding carboxylic acids is 1. The first kappa shape index (κ1) is 17.3. The van der Waals surface area contributed by atoms with Crippen LogP contribution in [0.25, 0.3) is 11.4 Å². The number of H-pyrrole nitrogens is 1. The largest absolute Gasteiger partial charge is 0.454 e. The molecule has 1 aliphatic rings. The number of fused-ring (bicyclic) bond motifs is 1. The second kappa shape index (κ2) is 7.24. The Morgan fingerprint density at radius 1 is 1.22 bits per heavy atom. The zero-order chi connectivity index (χ0) is 18.8. The third-order valence-corrected chi connectivity index (χ3v) is 4.28. The van der Waals surface area contributed by atoms with Crippen molar-refractivity contribution in [2.24, 2.45) is 0 Å². The van der Waals surface area contributed by atoms with Gasteiger partial charge in [0.2, 0.25) is 6.79 Å². The molecule has 2 N–H and O–H groups in total. The van der Waals surface area contributed by atoms with Crippen molar-refractivity contribution in [2.45, 2.75) is 6.42 Å². The highest BCUT2D eigenvalue weighted by atomic mass is 35.5. The lowest BCUT2D eigenvalue weighted by atomic mass is 10.2. The third-order valence-electron chi connectivity index (χ3n) is 3.99. The first-order chi connectivity index (χ1) is 13.1. The van der Waals surface area contributed by atoms with Gasteiger partial charge >= 0.3 is 0 Å². The molecule has 2 aromatic carbocycles. The van der Waals surface area contributed by atoms with Crippen molar-refractivity contribution >= 4 is 17.5 Å². The minimum atomic E-state index is -0.564. The number of aromatic nitrogens is 3. The Balaban J connectivity index is 1.35. The van der Waals surface area contributed by atoms with Gasteiger partial charge in [-0.1, -0.05) is 11.6 Å². The molecule has 0 saturated carbocycles. The van der Waals surface area contributed by atoms with E-state index in [1.807, 2.05) is 18.2 Å². The Labute approximate surface area is 158 Å². The SMILES string of the molecule is O=C(NCCc1nc(-c2ccc3c(c2)OCO3)n[nH]1)c1ccc(F)c(Cl)c1. The molecular weight excluding hydrogens is 375 g/mol. The molecule has 4 rings (SSSR count). The molecule has 1 aliphatic heterocycles. The standard InChI is InChI=1S/C18H14ClFN4O3/c19-12-7-11(1-3-13(12)20)18(25)21-6-5-16-22-17(24-23-16)10-2-4-14-15(8-10)27-9-26-14/h1-4,7-8H,5-6,9H2,(H,21,25)(H,22,23,24). The van der Waals surface area contributed by atoms with Gasteiger partial charge in [0, 0.05) is 24.1 Å². The third kappa shape index (κ3) is 3.70. The molecule has 0 atom stereocenters. The van der Waals surface area contributed by atoms with Crippen molar-refractivity contribution in [1.82, 2.24) is 20.5 Å². The smallest absolute Gasteiger partial charge is 0.251 e. The average molecular weight is 389 g/mol. The lowest BCUT2D eigenvalue weighted by molar-refractivity contribution is 0.0954. The fourth-order valence-corrected chi connectivity index (χ4v) is 2.79. The highest BCUT2D eigenvalue weighted by Gasteiger charge is 2.16. The Morgan fingerprint density at radius 2 is 2.07 bits per heavy atom. The Kier molecular flexibility index (Phi) is 4.64. The number of rotatable bonds is 5. The number of carbonyl (C=O) groups is 1. The molecular formula is C18H14ClFN4O3. The van der Waals surface area contributed by atoms with Crippen molar-refractivity contribution in [3.8, 4) is 22.9 Å². The van der Waals surface area contributed by atoms with E-state index in [0.717, 1.165) is 11.6 Å². The van der Waals surface area contributed by atoms with E-state index >= 15 is 0 Å². The van der Waals surface area contributed by atoms with Gasteiger partial charge in [0.1, 0.15) is 11.6 Å². The Morgan fingerprint density at radius 3 is 2.93 bits per heavy atom. The lowest BCUT2D eigenvalue weighted by Gasteiger charge is -2.04. The summed E-state index contributed by atoms with van der Waals surface area (Å²) in [7, 11) is 0. The van der Waals surface area contributed by atoms with E-state index in [2.05, 4.69) is 20.5 Å². The number of hydrogen-bond donors (Lipinski definition) is 2. The van der Waals surface area contributed by atoms with Gasteiger partial charge in [-0.2, -0.15) is 5.10 Å². The normalized spacial score (nSPS) is 12.2. The van der Waals surface area contributed by atoms with Crippen LogP contribution in [0.1, 0.15) is 16.2 Å². The summed E-state index contributed by atoms with van der Waals surface area (Å²) < 4.78 is 23.8. The first-order valence-corrected chi connectivity index (χ1v) is 8.52. The zero-order valence-electron chi connectivity index (χ0n) is 14.0. The van der Waals surface area contributed by atoms with E-state index in [-0.39, 0.29) is 17.7 Å². The number of benzene rings is 2. The van der Waals surface area contributed by atoms with Crippen LogP contribution >= 0.6 is 11.6 Å². The van der Waals surface area contributed by atoms with Gasteiger partial charge in [0.05, 0.1) is 5.02 Å². The van der Waals surface area contributed by atoms with Gasteiger partial charge in [0.15, 0.2) is 17.3 Å². The van der Waals surface area contributed by atoms with Crippen LogP contribution < -0.4 is 14.8 Å². The number of amides is 1. The second-order valence-electron chi connectivity index (χ2n) is 5.81. The van der Waals surface area contributed by atoms with Crippen molar-refractivity contribution < 1.29 is 18.7 Å². The van der Waals surface area contributed by atoms with E-state index in [9.17, 15) is 9.18 Å². The quantitative estimate of drug-likeness (QED) is 0.701. The molecule has 7 nitrogen and oxygen atoms in total. The average Bonchev–Trinajstić information content (AvgIpc) is 3.32. The fourth-order valence-electron chi connectivity index (χ4n) is 2.61. The van der Waals surface area contributed by atoms with E-state index < -0.39 is 5.82 Å². The molecule has 0 saturated heterocycles. The van der Waals surface area contributed by atoms with Crippen LogP contribution in [0.3, 0.4) is 0 Å². The molecule has 9 heteroatoms. The molecule has 0 aliphatic carbocycles. The molecule has 0 spiro atoms. The number of aromatic amines is 1. The lowest BCUT2D eigenvalue weighted by Crippen LogP contribution is -2.26. The zero-order valence-corrected chi connectivity index (χ0v) is 14.7. The molecule has 3 aromatic rings. The van der Waals surface area contributed by atoms with Crippen LogP contribution in [0, 0.1) is 5.82 Å². The van der Waals surface area contributed by atoms with E-state index in [1.165, 1.54) is 12.1 Å². The monoisotopic (exact) mass is 388 g/mol. The van der Waals surface area contributed by atoms with Gasteiger partial charge in [-0.05, 0) is 36.4 Å². The van der Waals surface area contributed by atoms with Crippen LogP contribution in [0.2, 0.25) is 5.02 Å². The summed E-state index contributed by atoms with van der Waals surface area (Å²) in [5, 5.41) is 9.67. The van der Waals surface area contributed by atoms with E-state index in [4.69, 9.17) is 21.1 Å². The summed E-state index contributed by atoms with van der Waals surface area (Å²) in [5.41, 5.74) is 1.09. The number of hydrogen-bond acceptors (Lipinski definition) is 5. The highest BCUT2D eigenvalue weighted by molar-refractivity contribution is 6.31. The first-order valence-electron chi connectivity index (χ1n) is 8.15. The summed E-state index contributed by atoms with van der Waals surface area (Å²) in [5.74, 6) is 1.60. The Bertz CT molecular complexity index is 1010. The maximum atomic E-state index is 13.2. The van der Waals surface area contributed by atoms with Crippen molar-refractivity contribution in [3.05, 3.63) is 58.6 Å². The molecule has 2 heterocycles. The van der Waals surface area contributed by atoms with Gasteiger partial charge in [0.25, 0.3) is 5.91 Å².